The van der Waals surface area contributed by atoms with Gasteiger partial charge in [-0.15, -0.1) is 0 Å². The number of anilines is 2. The van der Waals surface area contributed by atoms with Gasteiger partial charge in [-0.3, -0.25) is 0 Å². The van der Waals surface area contributed by atoms with Crippen LogP contribution >= 0.6 is 0 Å². The third-order valence-electron chi connectivity index (χ3n) is 3.01. The monoisotopic (exact) mass is 221 g/mol. The minimum Gasteiger partial charge on any atom is -0.497 e. The third-order valence-corrected chi connectivity index (χ3v) is 3.01. The Bertz CT molecular complexity index is 367. The standard InChI is InChI=1S/C12H19N3O/c1-15-6-5-9(8-15)14-12-4-3-10(16-2)7-11(12)13/h3-4,7,9,14H,5-6,8,13H2,1-2H3. The average molecular weight is 221 g/mol. The highest BCUT2D eigenvalue weighted by Crippen LogP contribution is 2.25. The number of nitrogens with zero attached hydrogens (tertiary/aromatic N) is 1. The van der Waals surface area contributed by atoms with Crippen LogP contribution in [0.2, 0.25) is 0 Å². The first-order valence-corrected chi connectivity index (χ1v) is 5.57. The number of nitrogens with one attached hydrogen (secondary N) is 1. The van der Waals surface area contributed by atoms with Gasteiger partial charge in [0.15, 0.2) is 0 Å². The van der Waals surface area contributed by atoms with E-state index in [9.17, 15) is 0 Å². The fourth-order valence-corrected chi connectivity index (χ4v) is 2.07. The zero-order valence-electron chi connectivity index (χ0n) is 9.86. The average Bonchev–Trinajstić information content (AvgIpc) is 2.67. The summed E-state index contributed by atoms with van der Waals surface area (Å²) in [5.41, 5.74) is 7.70. The van der Waals surface area contributed by atoms with Crippen molar-refractivity contribution in [3.63, 3.8) is 0 Å². The van der Waals surface area contributed by atoms with Crippen molar-refractivity contribution in [2.45, 2.75) is 12.5 Å². The lowest BCUT2D eigenvalue weighted by Crippen LogP contribution is -2.23. The molecule has 0 radical (unpaired) electrons. The van der Waals surface area contributed by atoms with Gasteiger partial charge in [-0.1, -0.05) is 0 Å². The van der Waals surface area contributed by atoms with E-state index in [0.29, 0.717) is 6.04 Å². The molecule has 0 saturated carbocycles. The van der Waals surface area contributed by atoms with Gasteiger partial charge >= 0.3 is 0 Å². The molecule has 16 heavy (non-hydrogen) atoms. The number of rotatable bonds is 3. The van der Waals surface area contributed by atoms with Gasteiger partial charge in [0.25, 0.3) is 0 Å². The Morgan fingerprint density at radius 1 is 1.50 bits per heavy atom. The Morgan fingerprint density at radius 2 is 2.31 bits per heavy atom. The molecule has 3 N–H and O–H groups in total. The molecule has 0 aromatic heterocycles. The lowest BCUT2D eigenvalue weighted by molar-refractivity contribution is 0.413. The van der Waals surface area contributed by atoms with Crippen LogP contribution in [0.1, 0.15) is 6.42 Å². The number of hydrogen-bond acceptors (Lipinski definition) is 4. The maximum absolute atomic E-state index is 5.95. The molecule has 0 amide bonds. The summed E-state index contributed by atoms with van der Waals surface area (Å²) in [5, 5.41) is 3.47. The quantitative estimate of drug-likeness (QED) is 0.757. The molecule has 1 aromatic rings. The first-order chi connectivity index (χ1) is 7.69. The van der Waals surface area contributed by atoms with E-state index in [1.54, 1.807) is 7.11 Å². The third kappa shape index (κ3) is 2.39. The van der Waals surface area contributed by atoms with Gasteiger partial charge < -0.3 is 20.7 Å². The van der Waals surface area contributed by atoms with Crippen LogP contribution in [0.5, 0.6) is 5.75 Å². The molecule has 0 aliphatic carbocycles. The van der Waals surface area contributed by atoms with E-state index < -0.39 is 0 Å². The number of hydrogen-bond donors (Lipinski definition) is 2. The molecule has 0 bridgehead atoms. The largest absolute Gasteiger partial charge is 0.497 e. The highest BCUT2D eigenvalue weighted by atomic mass is 16.5. The Balaban J connectivity index is 2.04. The van der Waals surface area contributed by atoms with Gasteiger partial charge in [-0.05, 0) is 32.1 Å². The molecule has 0 spiro atoms. The topological polar surface area (TPSA) is 50.5 Å². The highest BCUT2D eigenvalue weighted by Gasteiger charge is 2.19. The van der Waals surface area contributed by atoms with Crippen LogP contribution in [0, 0.1) is 0 Å². The fourth-order valence-electron chi connectivity index (χ4n) is 2.07. The predicted octanol–water partition coefficient (Wildman–Crippen LogP) is 1.39. The van der Waals surface area contributed by atoms with Crippen molar-refractivity contribution in [2.24, 2.45) is 0 Å². The number of likely N-dealkylation sites (tertiary alicyclic amines) is 1. The van der Waals surface area contributed by atoms with Crippen molar-refractivity contribution in [1.29, 1.82) is 0 Å². The summed E-state index contributed by atoms with van der Waals surface area (Å²) in [4.78, 5) is 2.32. The molecule has 1 saturated heterocycles. The van der Waals surface area contributed by atoms with E-state index in [2.05, 4.69) is 17.3 Å². The minimum atomic E-state index is 0.501. The summed E-state index contributed by atoms with van der Waals surface area (Å²) < 4.78 is 5.12. The number of nitrogens with two attached hydrogens (primary N) is 1. The first-order valence-electron chi connectivity index (χ1n) is 5.57. The summed E-state index contributed by atoms with van der Waals surface area (Å²) in [5.74, 6) is 0.798. The van der Waals surface area contributed by atoms with Gasteiger partial charge in [0, 0.05) is 18.7 Å². The second kappa shape index (κ2) is 4.61. The molecule has 1 aromatic carbocycles. The molecule has 2 rings (SSSR count). The number of methoxy groups -OCH3 is 1. The summed E-state index contributed by atoms with van der Waals surface area (Å²) in [7, 11) is 3.78. The van der Waals surface area contributed by atoms with Crippen molar-refractivity contribution < 1.29 is 4.74 Å². The Morgan fingerprint density at radius 3 is 2.88 bits per heavy atom. The van der Waals surface area contributed by atoms with Gasteiger partial charge in [-0.2, -0.15) is 0 Å². The molecule has 1 atom stereocenters. The minimum absolute atomic E-state index is 0.501. The van der Waals surface area contributed by atoms with Crippen molar-refractivity contribution in [2.75, 3.05) is 38.3 Å². The first kappa shape index (κ1) is 11.1. The van der Waals surface area contributed by atoms with Crippen LogP contribution in [0.15, 0.2) is 18.2 Å². The summed E-state index contributed by atoms with van der Waals surface area (Å²) in [6.07, 6.45) is 1.17. The maximum Gasteiger partial charge on any atom is 0.121 e. The van der Waals surface area contributed by atoms with Crippen LogP contribution in [0.4, 0.5) is 11.4 Å². The summed E-state index contributed by atoms with van der Waals surface area (Å²) in [6.45, 7) is 2.22. The van der Waals surface area contributed by atoms with Crippen LogP contribution in [-0.2, 0) is 0 Å². The zero-order chi connectivity index (χ0) is 11.5. The van der Waals surface area contributed by atoms with Gasteiger partial charge in [0.2, 0.25) is 0 Å². The SMILES string of the molecule is COc1ccc(NC2CCN(C)C2)c(N)c1. The lowest BCUT2D eigenvalue weighted by Gasteiger charge is -2.16. The Hall–Kier alpha value is -1.42. The van der Waals surface area contributed by atoms with Crippen molar-refractivity contribution in [1.82, 2.24) is 4.90 Å². The summed E-state index contributed by atoms with van der Waals surface area (Å²) in [6, 6.07) is 6.26. The highest BCUT2D eigenvalue weighted by molar-refractivity contribution is 5.68. The van der Waals surface area contributed by atoms with Crippen molar-refractivity contribution in [3.05, 3.63) is 18.2 Å². The molecular weight excluding hydrogens is 202 g/mol. The molecule has 4 nitrogen and oxygen atoms in total. The smallest absolute Gasteiger partial charge is 0.121 e. The molecular formula is C12H19N3O. The lowest BCUT2D eigenvalue weighted by atomic mass is 10.2. The summed E-state index contributed by atoms with van der Waals surface area (Å²) >= 11 is 0. The number of nitrogen functional groups attached to an aromatic ring is 1. The zero-order valence-corrected chi connectivity index (χ0v) is 9.86. The van der Waals surface area contributed by atoms with E-state index in [1.807, 2.05) is 18.2 Å². The molecule has 4 heteroatoms. The van der Waals surface area contributed by atoms with Crippen molar-refractivity contribution >= 4 is 11.4 Å². The van der Waals surface area contributed by atoms with E-state index in [4.69, 9.17) is 10.5 Å². The molecule has 1 aliphatic rings. The van der Waals surface area contributed by atoms with Gasteiger partial charge in [0.05, 0.1) is 18.5 Å². The Kier molecular flexibility index (Phi) is 3.19. The van der Waals surface area contributed by atoms with Crippen molar-refractivity contribution in [3.8, 4) is 5.75 Å². The Labute approximate surface area is 96.4 Å². The van der Waals surface area contributed by atoms with E-state index in [1.165, 1.54) is 6.42 Å². The molecule has 1 fully saturated rings. The maximum atomic E-state index is 5.95. The van der Waals surface area contributed by atoms with Crippen LogP contribution in [0.3, 0.4) is 0 Å². The number of benzene rings is 1. The van der Waals surface area contributed by atoms with E-state index in [0.717, 1.165) is 30.2 Å². The fraction of sp³-hybridized carbons (Fsp3) is 0.500. The normalized spacial score (nSPS) is 21.0. The van der Waals surface area contributed by atoms with E-state index in [-0.39, 0.29) is 0 Å². The second-order valence-corrected chi connectivity index (χ2v) is 4.35. The van der Waals surface area contributed by atoms with E-state index >= 15 is 0 Å². The molecule has 1 unspecified atom stereocenters. The molecule has 1 heterocycles. The van der Waals surface area contributed by atoms with Gasteiger partial charge in [-0.25, -0.2) is 0 Å². The predicted molar refractivity (Wildman–Crippen MR) is 66.9 cm³/mol. The number of likely N-dealkylation sites (N-methyl/N-ethyl adjacent to an activating group) is 1. The van der Waals surface area contributed by atoms with Gasteiger partial charge in [0.1, 0.15) is 5.75 Å². The van der Waals surface area contributed by atoms with Crippen LogP contribution in [0.25, 0.3) is 0 Å². The van der Waals surface area contributed by atoms with Crippen LogP contribution < -0.4 is 15.8 Å². The second-order valence-electron chi connectivity index (χ2n) is 4.35. The molecule has 88 valence electrons. The number of ether oxygens (including phenoxy) is 1. The van der Waals surface area contributed by atoms with Crippen LogP contribution in [-0.4, -0.2) is 38.2 Å². The molecule has 1 aliphatic heterocycles.